The molecule has 1 saturated heterocycles. The van der Waals surface area contributed by atoms with Crippen LogP contribution in [0.1, 0.15) is 12.5 Å². The maximum Gasteiger partial charge on any atom is 0.325 e. The van der Waals surface area contributed by atoms with Crippen LogP contribution in [-0.4, -0.2) is 34.9 Å². The van der Waals surface area contributed by atoms with Crippen molar-refractivity contribution in [1.82, 2.24) is 10.2 Å². The zero-order valence-corrected chi connectivity index (χ0v) is 14.3. The lowest BCUT2D eigenvalue weighted by molar-refractivity contribution is -0.384. The maximum absolute atomic E-state index is 13.1. The van der Waals surface area contributed by atoms with Gasteiger partial charge in [0.2, 0.25) is 0 Å². The molecule has 27 heavy (non-hydrogen) atoms. The summed E-state index contributed by atoms with van der Waals surface area (Å²) in [5.41, 5.74) is -1.01. The molecule has 2 aromatic carbocycles. The standard InChI is InChI=1S/C18H16FN3O5/c1-18(12-5-7-14(8-6-12)22(25)26)16(23)21(17(24)20-18)9-10-27-15-4-2-3-13(19)11-15/h2-8,11H,9-10H2,1H3,(H,20,24)/t18-/m0/s1. The van der Waals surface area contributed by atoms with E-state index in [2.05, 4.69) is 5.32 Å². The van der Waals surface area contributed by atoms with Crippen molar-refractivity contribution in [3.05, 3.63) is 70.0 Å². The molecule has 0 bridgehead atoms. The molecule has 140 valence electrons. The number of non-ortho nitro benzene ring substituents is 1. The maximum atomic E-state index is 13.1. The van der Waals surface area contributed by atoms with Crippen LogP contribution < -0.4 is 10.1 Å². The lowest BCUT2D eigenvalue weighted by Gasteiger charge is -2.22. The Labute approximate surface area is 153 Å². The summed E-state index contributed by atoms with van der Waals surface area (Å²) in [5.74, 6) is -0.655. The van der Waals surface area contributed by atoms with Crippen molar-refractivity contribution in [2.24, 2.45) is 0 Å². The van der Waals surface area contributed by atoms with E-state index in [1.54, 1.807) is 6.07 Å². The molecule has 1 atom stereocenters. The predicted molar refractivity (Wildman–Crippen MR) is 92.6 cm³/mol. The van der Waals surface area contributed by atoms with Gasteiger partial charge < -0.3 is 10.1 Å². The Morgan fingerprint density at radius 3 is 2.56 bits per heavy atom. The van der Waals surface area contributed by atoms with E-state index in [1.807, 2.05) is 0 Å². The van der Waals surface area contributed by atoms with Crippen molar-refractivity contribution < 1.29 is 23.6 Å². The Morgan fingerprint density at radius 1 is 1.22 bits per heavy atom. The summed E-state index contributed by atoms with van der Waals surface area (Å²) in [4.78, 5) is 36.2. The lowest BCUT2D eigenvalue weighted by atomic mass is 9.92. The molecule has 0 aromatic heterocycles. The highest BCUT2D eigenvalue weighted by Gasteiger charge is 2.48. The predicted octanol–water partition coefficient (Wildman–Crippen LogP) is 2.58. The Hall–Kier alpha value is -3.49. The fourth-order valence-corrected chi connectivity index (χ4v) is 2.82. The molecule has 0 radical (unpaired) electrons. The van der Waals surface area contributed by atoms with Crippen LogP contribution in [-0.2, 0) is 10.3 Å². The second kappa shape index (κ2) is 7.02. The van der Waals surface area contributed by atoms with Gasteiger partial charge in [-0.15, -0.1) is 0 Å². The monoisotopic (exact) mass is 373 g/mol. The number of ether oxygens (including phenoxy) is 1. The summed E-state index contributed by atoms with van der Waals surface area (Å²) in [5, 5.41) is 13.4. The molecular weight excluding hydrogens is 357 g/mol. The van der Waals surface area contributed by atoms with Gasteiger partial charge in [0.1, 0.15) is 23.7 Å². The van der Waals surface area contributed by atoms with Gasteiger partial charge in [-0.1, -0.05) is 6.07 Å². The third-order valence-corrected chi connectivity index (χ3v) is 4.31. The van der Waals surface area contributed by atoms with Crippen LogP contribution in [0.3, 0.4) is 0 Å². The Balaban J connectivity index is 1.69. The normalized spacial score (nSPS) is 19.1. The number of nitro benzene ring substituents is 1. The zero-order valence-electron chi connectivity index (χ0n) is 14.3. The first-order valence-corrected chi connectivity index (χ1v) is 8.08. The average molecular weight is 373 g/mol. The quantitative estimate of drug-likeness (QED) is 0.476. The van der Waals surface area contributed by atoms with E-state index in [4.69, 9.17) is 4.74 Å². The first-order chi connectivity index (χ1) is 12.8. The van der Waals surface area contributed by atoms with E-state index in [0.717, 1.165) is 4.90 Å². The van der Waals surface area contributed by atoms with Crippen LogP contribution in [0.5, 0.6) is 5.75 Å². The first kappa shape index (κ1) is 18.3. The van der Waals surface area contributed by atoms with Gasteiger partial charge >= 0.3 is 6.03 Å². The minimum Gasteiger partial charge on any atom is -0.492 e. The SMILES string of the molecule is C[C@@]1(c2ccc([N+](=O)[O-])cc2)NC(=O)N(CCOc2cccc(F)c2)C1=O. The molecule has 1 heterocycles. The van der Waals surface area contributed by atoms with Crippen LogP contribution in [0.2, 0.25) is 0 Å². The number of urea groups is 1. The number of nitro groups is 1. The molecule has 3 amide bonds. The molecule has 9 heteroatoms. The lowest BCUT2D eigenvalue weighted by Crippen LogP contribution is -2.41. The topological polar surface area (TPSA) is 102 Å². The van der Waals surface area contributed by atoms with Crippen molar-refractivity contribution in [3.63, 3.8) is 0 Å². The first-order valence-electron chi connectivity index (χ1n) is 8.08. The Morgan fingerprint density at radius 2 is 1.93 bits per heavy atom. The van der Waals surface area contributed by atoms with E-state index in [-0.39, 0.29) is 18.8 Å². The largest absolute Gasteiger partial charge is 0.492 e. The van der Waals surface area contributed by atoms with Crippen LogP contribution >= 0.6 is 0 Å². The summed E-state index contributed by atoms with van der Waals surface area (Å²) in [6.45, 7) is 1.50. The third-order valence-electron chi connectivity index (χ3n) is 4.31. The molecule has 3 rings (SSSR count). The molecule has 8 nitrogen and oxygen atoms in total. The van der Waals surface area contributed by atoms with E-state index >= 15 is 0 Å². The highest BCUT2D eigenvalue weighted by Crippen LogP contribution is 2.30. The molecule has 0 saturated carbocycles. The van der Waals surface area contributed by atoms with Crippen LogP contribution in [0.15, 0.2) is 48.5 Å². The summed E-state index contributed by atoms with van der Waals surface area (Å²) in [6.07, 6.45) is 0. The van der Waals surface area contributed by atoms with Gasteiger partial charge in [-0.05, 0) is 36.8 Å². The molecule has 1 aliphatic heterocycles. The molecule has 1 fully saturated rings. The minimum atomic E-state index is -1.33. The fraction of sp³-hybridized carbons (Fsp3) is 0.222. The number of halogens is 1. The smallest absolute Gasteiger partial charge is 0.325 e. The van der Waals surface area contributed by atoms with Crippen LogP contribution in [0.4, 0.5) is 14.9 Å². The summed E-state index contributed by atoms with van der Waals surface area (Å²) in [6, 6.07) is 10.4. The molecule has 0 spiro atoms. The van der Waals surface area contributed by atoms with Gasteiger partial charge in [-0.2, -0.15) is 0 Å². The van der Waals surface area contributed by atoms with Gasteiger partial charge in [0.15, 0.2) is 0 Å². The summed E-state index contributed by atoms with van der Waals surface area (Å²) >= 11 is 0. The highest BCUT2D eigenvalue weighted by atomic mass is 19.1. The number of carbonyl (C=O) groups is 2. The van der Waals surface area contributed by atoms with Crippen molar-refractivity contribution in [1.29, 1.82) is 0 Å². The van der Waals surface area contributed by atoms with Crippen molar-refractivity contribution in [2.45, 2.75) is 12.5 Å². The Kier molecular flexibility index (Phi) is 4.76. The minimum absolute atomic E-state index is 0.00104. The van der Waals surface area contributed by atoms with Crippen molar-refractivity contribution >= 4 is 17.6 Å². The molecular formula is C18H16FN3O5. The number of nitrogens with zero attached hydrogens (tertiary/aromatic N) is 2. The van der Waals surface area contributed by atoms with Gasteiger partial charge in [-0.3, -0.25) is 19.8 Å². The van der Waals surface area contributed by atoms with Crippen LogP contribution in [0.25, 0.3) is 0 Å². The fourth-order valence-electron chi connectivity index (χ4n) is 2.82. The van der Waals surface area contributed by atoms with Gasteiger partial charge in [-0.25, -0.2) is 9.18 Å². The number of rotatable bonds is 6. The van der Waals surface area contributed by atoms with Gasteiger partial charge in [0, 0.05) is 18.2 Å². The van der Waals surface area contributed by atoms with E-state index in [0.29, 0.717) is 11.3 Å². The average Bonchev–Trinajstić information content (AvgIpc) is 2.86. The van der Waals surface area contributed by atoms with E-state index in [1.165, 1.54) is 49.4 Å². The molecule has 1 N–H and O–H groups in total. The van der Waals surface area contributed by atoms with E-state index < -0.39 is 28.2 Å². The molecule has 2 aromatic rings. The number of amides is 3. The van der Waals surface area contributed by atoms with E-state index in [9.17, 15) is 24.1 Å². The highest BCUT2D eigenvalue weighted by molar-refractivity contribution is 6.07. The van der Waals surface area contributed by atoms with Crippen molar-refractivity contribution in [3.8, 4) is 5.75 Å². The van der Waals surface area contributed by atoms with Crippen molar-refractivity contribution in [2.75, 3.05) is 13.2 Å². The Bertz CT molecular complexity index is 902. The second-order valence-electron chi connectivity index (χ2n) is 6.12. The number of hydrogen-bond donors (Lipinski definition) is 1. The molecule has 1 aliphatic rings. The second-order valence-corrected chi connectivity index (χ2v) is 6.12. The van der Waals surface area contributed by atoms with Gasteiger partial charge in [0.05, 0.1) is 11.5 Å². The number of nitrogens with one attached hydrogen (secondary N) is 1. The van der Waals surface area contributed by atoms with Crippen LogP contribution in [0, 0.1) is 15.9 Å². The van der Waals surface area contributed by atoms with Gasteiger partial charge in [0.25, 0.3) is 11.6 Å². The number of benzene rings is 2. The zero-order chi connectivity index (χ0) is 19.6. The third kappa shape index (κ3) is 3.57. The summed E-state index contributed by atoms with van der Waals surface area (Å²) in [7, 11) is 0. The number of carbonyl (C=O) groups excluding carboxylic acids is 2. The molecule has 0 aliphatic carbocycles. The number of hydrogen-bond acceptors (Lipinski definition) is 5. The number of imide groups is 1. The molecule has 0 unspecified atom stereocenters. The summed E-state index contributed by atoms with van der Waals surface area (Å²) < 4.78 is 18.5.